The normalized spacial score (nSPS) is 20.8. The summed E-state index contributed by atoms with van der Waals surface area (Å²) in [7, 11) is -1.45. The van der Waals surface area contributed by atoms with Crippen molar-refractivity contribution in [2.24, 2.45) is 17.8 Å². The van der Waals surface area contributed by atoms with Gasteiger partial charge in [-0.25, -0.2) is 27.5 Å². The fourth-order valence-corrected chi connectivity index (χ4v) is 15.7. The predicted molar refractivity (Wildman–Crippen MR) is 465 cm³/mol. The molecule has 0 spiro atoms. The quantitative estimate of drug-likeness (QED) is 0.0409. The minimum absolute atomic E-state index is 0.0494. The number of aliphatic carboxylic acids is 1. The topological polar surface area (TPSA) is 424 Å². The standard InChI is InChI=1S/C91H118N14O19S/c1-16-125(119,120)99-82(110)72-43-57-30-36-68(37-31-57)121-40-22-21-23-61-47-74(103(49-61)85(113)76(53(2)3)96-78(106)55(6)101(14)88(117)123-90(8,9)10)83(111)93-71(46-60-29-35-63-25-18-20-27-65(63)42-60)81(109)95-73(87(115)116)44-58-32-38-69(39-33-58)122-52-66-50-105(100-98-66)67-48-75(84(112)94-70(80(108)92-72)45-59-28-34-62-24-17-19-26-64(62)41-59)104(51-67)86(114)77(54(4)5)97-79(107)56(7)102(15)89(118)124-91(11,12)13/h17-20,24-39,41-42,50,53-56,61,67,70-77H,16,21-23,40,43-49,51-52H2,1-15H3,(H,92,108)(H,93,111)(H,94,112)(H,95,109)(H,96,106)(H,97,107)(H,99,110)(H,115,116). The maximum Gasteiger partial charge on any atom is 0.410 e. The van der Waals surface area contributed by atoms with Crippen LogP contribution >= 0.6 is 0 Å². The second kappa shape index (κ2) is 41.5. The summed E-state index contributed by atoms with van der Waals surface area (Å²) in [5.74, 6) is -9.67. The summed E-state index contributed by atoms with van der Waals surface area (Å²) < 4.78 is 53.5. The molecule has 11 amide bonds. The highest BCUT2D eigenvalue weighted by Gasteiger charge is 2.48. The van der Waals surface area contributed by atoms with E-state index in [0.29, 0.717) is 53.0 Å². The summed E-state index contributed by atoms with van der Waals surface area (Å²) in [6.07, 6.45) is 0.638. The molecule has 34 heteroatoms. The molecule has 2 fully saturated rings. The minimum atomic E-state index is -4.24. The molecule has 6 aliphatic rings. The third kappa shape index (κ3) is 26.0. The van der Waals surface area contributed by atoms with E-state index < -0.39 is 177 Å². The smallest absolute Gasteiger partial charge is 0.410 e. The number of aromatic nitrogens is 3. The van der Waals surface area contributed by atoms with Gasteiger partial charge >= 0.3 is 18.2 Å². The highest BCUT2D eigenvalue weighted by molar-refractivity contribution is 7.90. The Kier molecular flexibility index (Phi) is 31.5. The molecule has 33 nitrogen and oxygen atoms in total. The number of carboxylic acids is 1. The molecule has 8 N–H and O–H groups in total. The number of hydrogen-bond donors (Lipinski definition) is 8. The minimum Gasteiger partial charge on any atom is -0.494 e. The second-order valence-electron chi connectivity index (χ2n) is 35.2. The SMILES string of the molecule is CCS(=O)(=O)NC(=O)C1Cc2ccc(cc2)OCCCCC2CC(C(=O)NC(Cc3ccc4ccccc4c3)C(=O)NC(C(=O)O)Cc3ccc(cc3)OCc3cn(nn3)C3CC(C(=O)NC(Cc4ccc5ccccc5c4)C(=O)N1)N(C(=O)C(NC(=O)C(C)N(C)C(=O)OC(C)(C)C)C(C)C)C3)N(C(=O)C(NC(=O)C(C)N(C)C(=O)OC(C)(C)C)C(C)C)C2. The van der Waals surface area contributed by atoms with E-state index in [1.54, 1.807) is 136 Å². The van der Waals surface area contributed by atoms with Gasteiger partial charge in [-0.2, -0.15) is 0 Å². The molecule has 7 aromatic rings. The van der Waals surface area contributed by atoms with E-state index in [1.165, 1.54) is 49.3 Å². The van der Waals surface area contributed by atoms with E-state index in [9.17, 15) is 42.3 Å². The molecule has 10 bridgehead atoms. The van der Waals surface area contributed by atoms with Crippen molar-refractivity contribution in [3.05, 3.63) is 168 Å². The largest absolute Gasteiger partial charge is 0.494 e. The van der Waals surface area contributed by atoms with Gasteiger partial charge in [0.1, 0.15) is 95.4 Å². The molecule has 12 unspecified atom stereocenters. The van der Waals surface area contributed by atoms with Gasteiger partial charge in [-0.1, -0.05) is 142 Å². The van der Waals surface area contributed by atoms with Crippen LogP contribution in [-0.2, 0) is 99.7 Å². The molecule has 12 atom stereocenters. The lowest BCUT2D eigenvalue weighted by molar-refractivity contribution is -0.144. The van der Waals surface area contributed by atoms with Gasteiger partial charge in [-0.15, -0.1) is 5.10 Å². The van der Waals surface area contributed by atoms with Crippen LogP contribution in [0.2, 0.25) is 0 Å². The van der Waals surface area contributed by atoms with Crippen LogP contribution in [-0.4, -0.2) is 231 Å². The molecule has 0 radical (unpaired) electrons. The Bertz CT molecular complexity index is 5190. The van der Waals surface area contributed by atoms with Crippen LogP contribution in [0.25, 0.3) is 21.5 Å². The average Bonchev–Trinajstić information content (AvgIpc) is 1.69. The number of carbonyl (C=O) groups is 12. The van der Waals surface area contributed by atoms with Gasteiger partial charge in [0.25, 0.3) is 5.91 Å². The van der Waals surface area contributed by atoms with E-state index in [0.717, 1.165) is 31.3 Å². The maximum atomic E-state index is 15.6. The monoisotopic (exact) mass is 1740 g/mol. The van der Waals surface area contributed by atoms with Gasteiger partial charge < -0.3 is 65.8 Å². The zero-order chi connectivity index (χ0) is 91.1. The Morgan fingerprint density at radius 3 is 1.48 bits per heavy atom. The molecule has 125 heavy (non-hydrogen) atoms. The van der Waals surface area contributed by atoms with Crippen molar-refractivity contribution in [3.8, 4) is 11.5 Å². The zero-order valence-electron chi connectivity index (χ0n) is 73.6. The van der Waals surface area contributed by atoms with Gasteiger partial charge in [0.05, 0.1) is 24.6 Å². The Labute approximate surface area is 728 Å². The van der Waals surface area contributed by atoms with Gasteiger partial charge in [0.15, 0.2) is 0 Å². The summed E-state index contributed by atoms with van der Waals surface area (Å²) in [5, 5.41) is 40.0. The predicted octanol–water partition coefficient (Wildman–Crippen LogP) is 7.64. The number of amides is 11. The molecular weight excluding hydrogens is 1630 g/mol. The first-order valence-corrected chi connectivity index (χ1v) is 44.1. The summed E-state index contributed by atoms with van der Waals surface area (Å²) in [5.41, 5.74) is 0.615. The molecule has 672 valence electrons. The highest BCUT2D eigenvalue weighted by atomic mass is 32.2. The number of rotatable bonds is 18. The number of likely N-dealkylation sites (N-methyl/N-ethyl adjacent to an activating group) is 2. The van der Waals surface area contributed by atoms with Crippen molar-refractivity contribution in [3.63, 3.8) is 0 Å². The number of fused-ring (bicyclic) bond motifs is 2. The molecule has 13 rings (SSSR count). The number of carbonyl (C=O) groups excluding carboxylic acids is 11. The Morgan fingerprint density at radius 2 is 1.02 bits per heavy atom. The number of ether oxygens (including phenoxy) is 4. The Morgan fingerprint density at radius 1 is 0.568 bits per heavy atom. The fourth-order valence-electron chi connectivity index (χ4n) is 15.2. The van der Waals surface area contributed by atoms with Gasteiger partial charge in [0, 0.05) is 59.3 Å². The van der Waals surface area contributed by atoms with Crippen molar-refractivity contribution in [1.82, 2.24) is 71.2 Å². The highest BCUT2D eigenvalue weighted by Crippen LogP contribution is 2.33. The number of carboxylic acid groups (broad SMARTS) is 1. The third-order valence-electron chi connectivity index (χ3n) is 22.6. The number of likely N-dealkylation sites (tertiary alicyclic amines) is 2. The van der Waals surface area contributed by atoms with E-state index >= 15 is 28.8 Å². The van der Waals surface area contributed by atoms with Crippen LogP contribution in [0.3, 0.4) is 0 Å². The molecule has 6 aromatic carbocycles. The van der Waals surface area contributed by atoms with Crippen LogP contribution in [0.15, 0.2) is 140 Å². The van der Waals surface area contributed by atoms with Crippen LogP contribution < -0.4 is 46.1 Å². The van der Waals surface area contributed by atoms with E-state index in [-0.39, 0.29) is 76.4 Å². The number of benzene rings is 6. The lowest BCUT2D eigenvalue weighted by Gasteiger charge is -2.33. The van der Waals surface area contributed by atoms with Crippen LogP contribution in [0.5, 0.6) is 11.5 Å². The van der Waals surface area contributed by atoms with Crippen molar-refractivity contribution < 1.29 is 90.0 Å². The van der Waals surface area contributed by atoms with E-state index in [4.69, 9.17) is 18.9 Å². The molecule has 0 aliphatic carbocycles. The zero-order valence-corrected chi connectivity index (χ0v) is 74.4. The number of nitrogens with zero attached hydrogens (tertiary/aromatic N) is 7. The van der Waals surface area contributed by atoms with Crippen LogP contribution in [0.4, 0.5) is 9.59 Å². The summed E-state index contributed by atoms with van der Waals surface area (Å²) in [6, 6.07) is 24.8. The molecule has 2 saturated heterocycles. The van der Waals surface area contributed by atoms with Gasteiger partial charge in [0.2, 0.25) is 57.3 Å². The van der Waals surface area contributed by atoms with E-state index in [2.05, 4.69) is 46.9 Å². The van der Waals surface area contributed by atoms with E-state index in [1.807, 2.05) is 72.8 Å². The number of sulfonamides is 1. The summed E-state index contributed by atoms with van der Waals surface area (Å²) in [4.78, 5) is 179. The maximum absolute atomic E-state index is 15.6. The molecule has 6 aliphatic heterocycles. The lowest BCUT2D eigenvalue weighted by Crippen LogP contribution is -2.60. The van der Waals surface area contributed by atoms with Crippen molar-refractivity contribution in [2.45, 2.75) is 232 Å². The summed E-state index contributed by atoms with van der Waals surface area (Å²) in [6.45, 7) is 21.1. The molecule has 1 aromatic heterocycles. The Balaban J connectivity index is 0.980. The number of hydrogen-bond acceptors (Lipinski definition) is 20. The fraction of sp³-hybridized carbons (Fsp3) is 0.495. The van der Waals surface area contributed by atoms with Gasteiger partial charge in [-0.05, 0) is 174 Å². The molecular formula is C91H118N14O19S. The Hall–Kier alpha value is -12.2. The van der Waals surface area contributed by atoms with Crippen LogP contribution in [0, 0.1) is 17.8 Å². The lowest BCUT2D eigenvalue weighted by atomic mass is 9.97. The average molecular weight is 1740 g/mol. The first-order chi connectivity index (χ1) is 59.0. The molecule has 0 saturated carbocycles. The van der Waals surface area contributed by atoms with Crippen molar-refractivity contribution >= 4 is 103 Å². The van der Waals surface area contributed by atoms with Crippen LogP contribution in [0.1, 0.15) is 156 Å². The first kappa shape index (κ1) is 95.0. The molecule has 7 heterocycles. The first-order valence-electron chi connectivity index (χ1n) is 42.4. The van der Waals surface area contributed by atoms with Gasteiger partial charge in [-0.3, -0.25) is 57.7 Å². The van der Waals surface area contributed by atoms with Crippen molar-refractivity contribution in [2.75, 3.05) is 39.5 Å². The third-order valence-corrected chi connectivity index (χ3v) is 23.8. The second-order valence-corrected chi connectivity index (χ2v) is 37.3. The van der Waals surface area contributed by atoms with Crippen molar-refractivity contribution in [1.29, 1.82) is 0 Å². The number of nitrogens with one attached hydrogen (secondary N) is 7. The summed E-state index contributed by atoms with van der Waals surface area (Å²) >= 11 is 0.